The second-order valence-electron chi connectivity index (χ2n) is 6.86. The number of fused-ring (bicyclic) bond motifs is 1. The third-order valence-corrected chi connectivity index (χ3v) is 5.90. The van der Waals surface area contributed by atoms with E-state index in [-0.39, 0.29) is 5.91 Å². The summed E-state index contributed by atoms with van der Waals surface area (Å²) in [6.45, 7) is 1.92. The number of carbonyl (C=O) groups is 1. The molecule has 4 heteroatoms. The highest BCUT2D eigenvalue weighted by Crippen LogP contribution is 2.49. The number of alkyl halides is 1. The van der Waals surface area contributed by atoms with Gasteiger partial charge in [-0.05, 0) is 36.5 Å². The summed E-state index contributed by atoms with van der Waals surface area (Å²) in [6.07, 6.45) is 4.33. The van der Waals surface area contributed by atoms with E-state index in [2.05, 4.69) is 51.3 Å². The average Bonchev–Trinajstić information content (AvgIpc) is 2.93. The van der Waals surface area contributed by atoms with E-state index >= 15 is 0 Å². The van der Waals surface area contributed by atoms with Gasteiger partial charge in [-0.1, -0.05) is 70.9 Å². The fourth-order valence-corrected chi connectivity index (χ4v) is 4.91. The average molecular weight is 399 g/mol. The van der Waals surface area contributed by atoms with Crippen molar-refractivity contribution in [2.75, 3.05) is 23.4 Å². The molecule has 0 radical (unpaired) electrons. The van der Waals surface area contributed by atoms with Gasteiger partial charge in [0, 0.05) is 18.4 Å². The van der Waals surface area contributed by atoms with Crippen molar-refractivity contribution in [3.05, 3.63) is 65.7 Å². The van der Waals surface area contributed by atoms with E-state index in [9.17, 15) is 4.79 Å². The van der Waals surface area contributed by atoms with Crippen molar-refractivity contribution in [1.29, 1.82) is 0 Å². The molecule has 1 atom stereocenters. The van der Waals surface area contributed by atoms with Crippen LogP contribution in [0.25, 0.3) is 0 Å². The number of hydrogen-bond acceptors (Lipinski definition) is 2. The fourth-order valence-electron chi connectivity index (χ4n) is 4.31. The Morgan fingerprint density at radius 3 is 2.32 bits per heavy atom. The maximum Gasteiger partial charge on any atom is 0.256 e. The summed E-state index contributed by atoms with van der Waals surface area (Å²) in [5.41, 5.74) is 2.68. The largest absolute Gasteiger partial charge is 0.272 e. The smallest absolute Gasteiger partial charge is 0.256 e. The van der Waals surface area contributed by atoms with Gasteiger partial charge in [0.25, 0.3) is 5.91 Å². The number of halogens is 1. The van der Waals surface area contributed by atoms with Gasteiger partial charge in [0.15, 0.2) is 0 Å². The number of nitrogens with zero attached hydrogens (tertiary/aromatic N) is 2. The monoisotopic (exact) mass is 398 g/mol. The van der Waals surface area contributed by atoms with E-state index in [4.69, 9.17) is 0 Å². The Balaban J connectivity index is 1.88. The van der Waals surface area contributed by atoms with Crippen LogP contribution in [0, 0.1) is 0 Å². The van der Waals surface area contributed by atoms with Crippen molar-refractivity contribution in [3.8, 4) is 0 Å². The molecule has 2 aromatic carbocycles. The maximum absolute atomic E-state index is 13.8. The third-order valence-electron chi connectivity index (χ3n) is 5.50. The van der Waals surface area contributed by atoms with E-state index in [1.807, 2.05) is 29.3 Å². The number of hydrazine groups is 1. The number of rotatable bonds is 4. The Hall–Kier alpha value is -1.65. The van der Waals surface area contributed by atoms with Gasteiger partial charge in [-0.15, -0.1) is 0 Å². The Morgan fingerprint density at radius 1 is 0.920 bits per heavy atom. The molecule has 1 amide bonds. The first-order valence-electron chi connectivity index (χ1n) is 9.09. The first kappa shape index (κ1) is 16.8. The molecule has 4 rings (SSSR count). The molecule has 0 bridgehead atoms. The van der Waals surface area contributed by atoms with Gasteiger partial charge in [0.2, 0.25) is 0 Å². The minimum atomic E-state index is -0.598. The normalized spacial score (nSPS) is 23.7. The summed E-state index contributed by atoms with van der Waals surface area (Å²) in [6, 6.07) is 18.6. The molecule has 2 aromatic rings. The molecule has 2 aliphatic heterocycles. The topological polar surface area (TPSA) is 23.6 Å². The molecule has 1 fully saturated rings. The Labute approximate surface area is 157 Å². The van der Waals surface area contributed by atoms with Gasteiger partial charge in [0.1, 0.15) is 5.41 Å². The maximum atomic E-state index is 13.8. The molecular weight excluding hydrogens is 376 g/mol. The zero-order valence-corrected chi connectivity index (χ0v) is 15.9. The Morgan fingerprint density at radius 2 is 1.60 bits per heavy atom. The van der Waals surface area contributed by atoms with E-state index in [1.165, 1.54) is 6.42 Å². The van der Waals surface area contributed by atoms with Crippen molar-refractivity contribution in [2.24, 2.45) is 0 Å². The number of para-hydroxylation sites is 1. The summed E-state index contributed by atoms with van der Waals surface area (Å²) in [5, 5.41) is 5.02. The zero-order valence-electron chi connectivity index (χ0n) is 14.3. The van der Waals surface area contributed by atoms with Gasteiger partial charge in [-0.2, -0.15) is 0 Å². The molecule has 2 heterocycles. The van der Waals surface area contributed by atoms with Crippen molar-refractivity contribution >= 4 is 27.5 Å². The predicted molar refractivity (Wildman–Crippen MR) is 105 cm³/mol. The summed E-state index contributed by atoms with van der Waals surface area (Å²) >= 11 is 3.60. The molecule has 1 saturated heterocycles. The van der Waals surface area contributed by atoms with E-state index in [0.29, 0.717) is 0 Å². The van der Waals surface area contributed by atoms with Gasteiger partial charge in [0.05, 0.1) is 5.69 Å². The molecule has 2 aliphatic rings. The summed E-state index contributed by atoms with van der Waals surface area (Å²) in [7, 11) is 0. The summed E-state index contributed by atoms with van der Waals surface area (Å²) in [4.78, 5) is 13.8. The molecule has 0 N–H and O–H groups in total. The van der Waals surface area contributed by atoms with Crippen molar-refractivity contribution < 1.29 is 4.79 Å². The van der Waals surface area contributed by atoms with Gasteiger partial charge in [-0.3, -0.25) is 4.79 Å². The Bertz CT molecular complexity index is 758. The van der Waals surface area contributed by atoms with E-state index in [0.717, 1.165) is 54.5 Å². The van der Waals surface area contributed by atoms with Crippen LogP contribution in [-0.2, 0) is 10.2 Å². The minimum Gasteiger partial charge on any atom is -0.272 e. The number of carbonyl (C=O) groups excluding carboxylic acids is 1. The van der Waals surface area contributed by atoms with Gasteiger partial charge < -0.3 is 0 Å². The lowest BCUT2D eigenvalue weighted by Gasteiger charge is -2.36. The number of piperidine rings is 1. The molecule has 0 spiro atoms. The lowest BCUT2D eigenvalue weighted by Crippen LogP contribution is -2.52. The second-order valence-corrected chi connectivity index (χ2v) is 7.65. The van der Waals surface area contributed by atoms with Crippen LogP contribution in [0.3, 0.4) is 0 Å². The van der Waals surface area contributed by atoms with E-state index in [1.54, 1.807) is 0 Å². The minimum absolute atomic E-state index is 0.196. The van der Waals surface area contributed by atoms with Crippen LogP contribution in [0.5, 0.6) is 0 Å². The van der Waals surface area contributed by atoms with Crippen molar-refractivity contribution in [1.82, 2.24) is 5.01 Å². The highest BCUT2D eigenvalue weighted by Gasteiger charge is 2.53. The summed E-state index contributed by atoms with van der Waals surface area (Å²) in [5.74, 6) is 0.196. The van der Waals surface area contributed by atoms with Crippen LogP contribution in [0.4, 0.5) is 5.69 Å². The zero-order chi connectivity index (χ0) is 17.3. The van der Waals surface area contributed by atoms with Crippen molar-refractivity contribution in [3.63, 3.8) is 0 Å². The predicted octanol–water partition coefficient (Wildman–Crippen LogP) is 4.51. The quantitative estimate of drug-likeness (QED) is 0.707. The van der Waals surface area contributed by atoms with Crippen LogP contribution in [0.15, 0.2) is 54.6 Å². The third kappa shape index (κ3) is 2.63. The van der Waals surface area contributed by atoms with Gasteiger partial charge >= 0.3 is 0 Å². The molecule has 0 aliphatic carbocycles. The molecule has 25 heavy (non-hydrogen) atoms. The highest BCUT2D eigenvalue weighted by molar-refractivity contribution is 9.09. The Kier molecular flexibility index (Phi) is 4.65. The van der Waals surface area contributed by atoms with E-state index < -0.39 is 5.41 Å². The van der Waals surface area contributed by atoms with Crippen LogP contribution in [0.2, 0.25) is 0 Å². The number of hydrogen-bond donors (Lipinski definition) is 0. The highest BCUT2D eigenvalue weighted by atomic mass is 79.9. The SMILES string of the molecule is O=C1N(N2CCCCC2)c2ccccc2C1(CCBr)c1ccccc1. The van der Waals surface area contributed by atoms with Crippen LogP contribution >= 0.6 is 15.9 Å². The second kappa shape index (κ2) is 6.93. The summed E-state index contributed by atoms with van der Waals surface area (Å²) < 4.78 is 0. The molecule has 130 valence electrons. The number of anilines is 1. The lowest BCUT2D eigenvalue weighted by atomic mass is 9.73. The first-order valence-corrected chi connectivity index (χ1v) is 10.2. The molecular formula is C21H23BrN2O. The molecule has 1 unspecified atom stereocenters. The fraction of sp³-hybridized carbons (Fsp3) is 0.381. The van der Waals surface area contributed by atoms with Crippen LogP contribution in [0.1, 0.15) is 36.8 Å². The lowest BCUT2D eigenvalue weighted by molar-refractivity contribution is -0.125. The number of amides is 1. The molecule has 0 saturated carbocycles. The van der Waals surface area contributed by atoms with Gasteiger partial charge in [-0.25, -0.2) is 10.0 Å². The van der Waals surface area contributed by atoms with Crippen LogP contribution < -0.4 is 5.01 Å². The van der Waals surface area contributed by atoms with Crippen molar-refractivity contribution in [2.45, 2.75) is 31.1 Å². The first-order chi connectivity index (χ1) is 12.3. The molecule has 0 aromatic heterocycles. The standard InChI is InChI=1S/C21H23BrN2O/c22-14-13-21(17-9-3-1-4-10-17)18-11-5-6-12-19(18)24(20(21)25)23-15-7-2-8-16-23/h1,3-6,9-12H,2,7-8,13-16H2. The number of benzene rings is 2. The molecule has 3 nitrogen and oxygen atoms in total. The van der Waals surface area contributed by atoms with Crippen LogP contribution in [-0.4, -0.2) is 29.3 Å².